The van der Waals surface area contributed by atoms with Gasteiger partial charge in [-0.1, -0.05) is 30.4 Å². The van der Waals surface area contributed by atoms with Gasteiger partial charge in [-0.3, -0.25) is 9.69 Å². The van der Waals surface area contributed by atoms with Gasteiger partial charge in [0.05, 0.1) is 29.2 Å². The smallest absolute Gasteiger partial charge is 0.273 e. The molecule has 0 spiro atoms. The molecule has 1 saturated heterocycles. The molecule has 1 aromatic heterocycles. The summed E-state index contributed by atoms with van der Waals surface area (Å²) in [5.74, 6) is 0.523. The molecule has 1 aliphatic rings. The molecule has 0 saturated carbocycles. The topological polar surface area (TPSA) is 91.2 Å². The Hall–Kier alpha value is -3.47. The van der Waals surface area contributed by atoms with E-state index in [-0.39, 0.29) is 11.6 Å². The van der Waals surface area contributed by atoms with E-state index in [0.717, 1.165) is 31.5 Å². The van der Waals surface area contributed by atoms with Crippen LogP contribution in [0.15, 0.2) is 71.2 Å². The quantitative estimate of drug-likeness (QED) is 0.587. The van der Waals surface area contributed by atoms with Crippen molar-refractivity contribution in [2.75, 3.05) is 39.5 Å². The number of aromatic nitrogens is 2. The van der Waals surface area contributed by atoms with E-state index in [1.165, 1.54) is 28.1 Å². The highest BCUT2D eigenvalue weighted by atomic mass is 16.1. The van der Waals surface area contributed by atoms with E-state index in [1.807, 2.05) is 37.2 Å². The van der Waals surface area contributed by atoms with E-state index < -0.39 is 0 Å². The molecule has 0 amide bonds. The number of nitrogens with zero attached hydrogens (tertiary/aromatic N) is 5. The van der Waals surface area contributed by atoms with Gasteiger partial charge in [-0.15, -0.1) is 0 Å². The molecule has 1 atom stereocenters. The molecule has 1 aliphatic heterocycles. The lowest BCUT2D eigenvalue weighted by molar-refractivity contribution is 0.180. The van der Waals surface area contributed by atoms with E-state index >= 15 is 0 Å². The summed E-state index contributed by atoms with van der Waals surface area (Å²) in [6, 6.07) is 11.8. The molecular weight excluding hydrogens is 436 g/mol. The number of hydrogen-bond acceptors (Lipinski definition) is 6. The lowest BCUT2D eigenvalue weighted by Crippen LogP contribution is -2.40. The molecule has 0 radical (unpaired) electrons. The zero-order valence-corrected chi connectivity index (χ0v) is 21.2. The van der Waals surface area contributed by atoms with E-state index in [0.29, 0.717) is 29.4 Å². The second kappa shape index (κ2) is 11.8. The Labute approximate surface area is 208 Å². The van der Waals surface area contributed by atoms with Crippen LogP contribution in [0.4, 0.5) is 5.69 Å². The molecule has 35 heavy (non-hydrogen) atoms. The maximum absolute atomic E-state index is 12.6. The average Bonchev–Trinajstić information content (AvgIpc) is 2.84. The van der Waals surface area contributed by atoms with Crippen molar-refractivity contribution >= 4 is 11.4 Å². The predicted octanol–water partition coefficient (Wildman–Crippen LogP) is 3.87. The van der Waals surface area contributed by atoms with Crippen molar-refractivity contribution in [3.8, 4) is 6.07 Å². The summed E-state index contributed by atoms with van der Waals surface area (Å²) < 4.78 is 1.36. The molecule has 2 N–H and O–H groups in total. The van der Waals surface area contributed by atoms with Crippen molar-refractivity contribution in [3.05, 3.63) is 87.9 Å². The Balaban J connectivity index is 1.71. The molecular formula is C28H36N6O. The second-order valence-electron chi connectivity index (χ2n) is 9.52. The summed E-state index contributed by atoms with van der Waals surface area (Å²) in [6.07, 6.45) is 7.68. The summed E-state index contributed by atoms with van der Waals surface area (Å²) in [5, 5.41) is 13.3. The number of nitriles is 1. The summed E-state index contributed by atoms with van der Waals surface area (Å²) in [4.78, 5) is 17.1. The van der Waals surface area contributed by atoms with E-state index in [2.05, 4.69) is 54.7 Å². The zero-order valence-electron chi connectivity index (χ0n) is 21.2. The number of likely N-dealkylation sites (N-methyl/N-ethyl adjacent to an activating group) is 1. The van der Waals surface area contributed by atoms with E-state index in [4.69, 9.17) is 11.0 Å². The van der Waals surface area contributed by atoms with Gasteiger partial charge in [0, 0.05) is 18.7 Å². The lowest BCUT2D eigenvalue weighted by atomic mass is 9.88. The van der Waals surface area contributed by atoms with Gasteiger partial charge in [0.2, 0.25) is 0 Å². The molecule has 0 bridgehead atoms. The highest BCUT2D eigenvalue weighted by Crippen LogP contribution is 2.30. The zero-order chi connectivity index (χ0) is 25.5. The third-order valence-corrected chi connectivity index (χ3v) is 6.68. The van der Waals surface area contributed by atoms with Gasteiger partial charge in [-0.05, 0) is 89.1 Å². The van der Waals surface area contributed by atoms with Crippen LogP contribution in [0.25, 0.3) is 5.70 Å². The summed E-state index contributed by atoms with van der Waals surface area (Å²) in [7, 11) is 3.95. The maximum Gasteiger partial charge on any atom is 0.273 e. The number of benzene rings is 1. The first-order chi connectivity index (χ1) is 16.7. The molecule has 2 heterocycles. The molecule has 2 aromatic rings. The fourth-order valence-corrected chi connectivity index (χ4v) is 4.43. The van der Waals surface area contributed by atoms with Crippen LogP contribution in [0.3, 0.4) is 0 Å². The van der Waals surface area contributed by atoms with Crippen LogP contribution in [0.2, 0.25) is 0 Å². The molecule has 7 nitrogen and oxygen atoms in total. The molecule has 0 aliphatic carbocycles. The van der Waals surface area contributed by atoms with Crippen molar-refractivity contribution in [2.24, 2.45) is 0 Å². The van der Waals surface area contributed by atoms with Crippen LogP contribution in [0.1, 0.15) is 43.7 Å². The minimum Gasteiger partial charge on any atom is -0.397 e. The number of piperidine rings is 1. The highest BCUT2D eigenvalue weighted by Gasteiger charge is 2.24. The molecule has 7 heteroatoms. The third-order valence-electron chi connectivity index (χ3n) is 6.68. The monoisotopic (exact) mass is 472 g/mol. The summed E-state index contributed by atoms with van der Waals surface area (Å²) in [5.41, 5.74) is 10.4. The Morgan fingerprint density at radius 2 is 1.97 bits per heavy atom. The van der Waals surface area contributed by atoms with Gasteiger partial charge >= 0.3 is 0 Å². The molecule has 1 aromatic carbocycles. The average molecular weight is 473 g/mol. The third kappa shape index (κ3) is 6.78. The Morgan fingerprint density at radius 1 is 1.31 bits per heavy atom. The van der Waals surface area contributed by atoms with Crippen molar-refractivity contribution < 1.29 is 0 Å². The number of likely N-dealkylation sites (tertiary alicyclic amines) is 1. The van der Waals surface area contributed by atoms with Gasteiger partial charge in [-0.25, -0.2) is 0 Å². The Bertz CT molecular complexity index is 1190. The van der Waals surface area contributed by atoms with Crippen LogP contribution in [-0.2, 0) is 0 Å². The van der Waals surface area contributed by atoms with Crippen LogP contribution in [0, 0.1) is 11.3 Å². The fourth-order valence-electron chi connectivity index (χ4n) is 4.43. The summed E-state index contributed by atoms with van der Waals surface area (Å²) >= 11 is 0. The Kier molecular flexibility index (Phi) is 8.80. The maximum atomic E-state index is 12.6. The fraction of sp³-hybridized carbons (Fsp3) is 0.393. The normalized spacial score (nSPS) is 16.8. The van der Waals surface area contributed by atoms with E-state index in [1.54, 1.807) is 0 Å². The lowest BCUT2D eigenvalue weighted by Gasteiger charge is -2.37. The number of nitrogen functional groups attached to an aromatic ring is 1. The minimum absolute atomic E-state index is 0.250. The van der Waals surface area contributed by atoms with Gasteiger partial charge in [0.15, 0.2) is 0 Å². The van der Waals surface area contributed by atoms with Gasteiger partial charge < -0.3 is 10.6 Å². The molecule has 3 rings (SSSR count). The first-order valence-corrected chi connectivity index (χ1v) is 12.0. The Morgan fingerprint density at radius 3 is 2.54 bits per heavy atom. The van der Waals surface area contributed by atoms with Crippen LogP contribution >= 0.6 is 0 Å². The number of hydrogen-bond donors (Lipinski definition) is 1. The second-order valence-corrected chi connectivity index (χ2v) is 9.52. The predicted molar refractivity (Wildman–Crippen MR) is 143 cm³/mol. The first-order valence-electron chi connectivity index (χ1n) is 12.0. The van der Waals surface area contributed by atoms with Crippen molar-refractivity contribution in [1.29, 1.82) is 5.26 Å². The van der Waals surface area contributed by atoms with Crippen LogP contribution < -0.4 is 11.3 Å². The van der Waals surface area contributed by atoms with E-state index in [9.17, 15) is 4.79 Å². The molecule has 1 unspecified atom stereocenters. The first kappa shape index (κ1) is 26.1. The van der Waals surface area contributed by atoms with Crippen molar-refractivity contribution in [3.63, 3.8) is 0 Å². The van der Waals surface area contributed by atoms with Crippen molar-refractivity contribution in [2.45, 2.75) is 38.6 Å². The number of anilines is 1. The van der Waals surface area contributed by atoms with Gasteiger partial charge in [0.1, 0.15) is 0 Å². The number of nitrogens with two attached hydrogens (primary N) is 1. The minimum atomic E-state index is -0.278. The van der Waals surface area contributed by atoms with Gasteiger partial charge in [-0.2, -0.15) is 15.0 Å². The summed E-state index contributed by atoms with van der Waals surface area (Å²) in [6.45, 7) is 11.3. The number of allylic oxidation sites excluding steroid dienone is 3. The SMILES string of the molecule is C=C(/C=C(\C)C(C)N1CCC(c2ccc(C#N)cc2)CC1)/C(=C\CN(C)C)n1ncc(N)cc1=O. The van der Waals surface area contributed by atoms with Crippen molar-refractivity contribution in [1.82, 2.24) is 19.6 Å². The molecule has 1 fully saturated rings. The largest absolute Gasteiger partial charge is 0.397 e. The van der Waals surface area contributed by atoms with Crippen LogP contribution in [0.5, 0.6) is 0 Å². The highest BCUT2D eigenvalue weighted by molar-refractivity contribution is 5.67. The number of rotatable bonds is 8. The standard InChI is InChI=1S/C28H36N6O/c1-20(16-21(2)27(12-13-32(4)5)34-28(35)17-26(30)19-31-34)22(3)33-14-10-25(11-15-33)24-8-6-23(18-29)7-9-24/h6-9,12,16-17,19,22,25H,2,10-11,13-15,30H2,1,3-5H3/b20-16+,27-12+. The molecule has 184 valence electrons. The van der Waals surface area contributed by atoms with Gasteiger partial charge in [0.25, 0.3) is 5.56 Å². The van der Waals surface area contributed by atoms with Crippen LogP contribution in [-0.4, -0.2) is 59.4 Å².